The summed E-state index contributed by atoms with van der Waals surface area (Å²) in [5, 5.41) is 3.51. The van der Waals surface area contributed by atoms with Crippen molar-refractivity contribution in [2.75, 3.05) is 18.0 Å². The smallest absolute Gasteiger partial charge is 0.264 e. The van der Waals surface area contributed by atoms with Crippen LogP contribution >= 0.6 is 23.2 Å². The number of hydrogen-bond donors (Lipinski definition) is 1. The lowest BCUT2D eigenvalue weighted by Crippen LogP contribution is -2.53. The molecule has 0 fully saturated rings. The summed E-state index contributed by atoms with van der Waals surface area (Å²) >= 11 is 12.5. The van der Waals surface area contributed by atoms with Crippen molar-refractivity contribution in [3.63, 3.8) is 0 Å². The highest BCUT2D eigenvalue weighted by molar-refractivity contribution is 7.92. The highest BCUT2D eigenvalue weighted by Crippen LogP contribution is 2.28. The van der Waals surface area contributed by atoms with Gasteiger partial charge in [-0.3, -0.25) is 13.9 Å². The van der Waals surface area contributed by atoms with Gasteiger partial charge in [-0.05, 0) is 86.5 Å². The van der Waals surface area contributed by atoms with Crippen LogP contribution < -0.4 is 14.4 Å². The Balaban J connectivity index is 2.08. The molecule has 0 aliphatic rings. The topological polar surface area (TPSA) is 96.0 Å². The highest BCUT2D eigenvalue weighted by Gasteiger charge is 2.34. The van der Waals surface area contributed by atoms with Crippen LogP contribution in [0.1, 0.15) is 32.8 Å². The van der Waals surface area contributed by atoms with Crippen LogP contribution in [0.25, 0.3) is 0 Å². The van der Waals surface area contributed by atoms with Gasteiger partial charge in [-0.15, -0.1) is 0 Å². The zero-order valence-corrected chi connectivity index (χ0v) is 25.4. The summed E-state index contributed by atoms with van der Waals surface area (Å²) in [5.74, 6) is -1.19. The average Bonchev–Trinajstić information content (AvgIpc) is 2.92. The van der Waals surface area contributed by atoms with Crippen molar-refractivity contribution in [2.24, 2.45) is 0 Å². The van der Waals surface area contributed by atoms with Gasteiger partial charge in [-0.25, -0.2) is 12.8 Å². The number of anilines is 1. The first kappa shape index (κ1) is 32.2. The second kappa shape index (κ2) is 14.0. The molecule has 0 radical (unpaired) electrons. The Morgan fingerprint density at radius 1 is 1.00 bits per heavy atom. The molecule has 3 rings (SSSR count). The van der Waals surface area contributed by atoms with E-state index in [4.69, 9.17) is 27.9 Å². The van der Waals surface area contributed by atoms with E-state index in [0.29, 0.717) is 16.3 Å². The summed E-state index contributed by atoms with van der Waals surface area (Å²) in [5.41, 5.74) is 0.589. The van der Waals surface area contributed by atoms with Gasteiger partial charge in [0.2, 0.25) is 11.8 Å². The number of nitrogens with zero attached hydrogens (tertiary/aromatic N) is 2. The molecule has 2 amide bonds. The number of carbonyl (C=O) groups is 2. The minimum atomic E-state index is -4.32. The first-order valence-corrected chi connectivity index (χ1v) is 15.0. The molecule has 0 saturated carbocycles. The Labute approximate surface area is 250 Å². The molecule has 0 aliphatic heterocycles. The monoisotopic (exact) mass is 623 g/mol. The maximum Gasteiger partial charge on any atom is 0.264 e. The zero-order chi connectivity index (χ0) is 30.3. The lowest BCUT2D eigenvalue weighted by molar-refractivity contribution is -0.140. The molecule has 0 aliphatic carbocycles. The van der Waals surface area contributed by atoms with Crippen molar-refractivity contribution in [2.45, 2.75) is 50.7 Å². The normalized spacial score (nSPS) is 12.1. The number of sulfonamides is 1. The Morgan fingerprint density at radius 3 is 2.17 bits per heavy atom. The van der Waals surface area contributed by atoms with Crippen LogP contribution in [0.15, 0.2) is 71.6 Å². The number of hydrogen-bond acceptors (Lipinski definition) is 5. The molecule has 41 heavy (non-hydrogen) atoms. The quantitative estimate of drug-likeness (QED) is 0.280. The number of rotatable bonds is 12. The van der Waals surface area contributed by atoms with E-state index in [1.165, 1.54) is 54.5 Å². The van der Waals surface area contributed by atoms with E-state index >= 15 is 0 Å². The fourth-order valence-electron chi connectivity index (χ4n) is 4.14. The zero-order valence-electron chi connectivity index (χ0n) is 23.1. The molecule has 3 aromatic rings. The Bertz CT molecular complexity index is 1470. The molecule has 0 heterocycles. The second-order valence-electron chi connectivity index (χ2n) is 9.51. The van der Waals surface area contributed by atoms with Crippen LogP contribution in [0.4, 0.5) is 10.1 Å². The number of amides is 2. The van der Waals surface area contributed by atoms with Crippen LogP contribution in [0.5, 0.6) is 5.75 Å². The Morgan fingerprint density at radius 2 is 1.63 bits per heavy atom. The first-order chi connectivity index (χ1) is 19.4. The number of carbonyl (C=O) groups excluding carboxylic acids is 2. The lowest BCUT2D eigenvalue weighted by atomic mass is 10.1. The van der Waals surface area contributed by atoms with Crippen molar-refractivity contribution in [1.82, 2.24) is 10.2 Å². The molecule has 0 spiro atoms. The van der Waals surface area contributed by atoms with Gasteiger partial charge in [-0.2, -0.15) is 0 Å². The molecule has 8 nitrogen and oxygen atoms in total. The Kier molecular flexibility index (Phi) is 11.0. The fourth-order valence-corrected chi connectivity index (χ4v) is 6.03. The SMILES string of the molecule is CCC(C(=O)NC(C)C)N(Cc1ccc(Cl)cc1Cl)C(=O)CN(c1ccc(F)cc1)S(=O)(=O)c1ccc(OC)cc1. The minimum absolute atomic E-state index is 0.0692. The summed E-state index contributed by atoms with van der Waals surface area (Å²) in [4.78, 5) is 28.4. The predicted octanol–water partition coefficient (Wildman–Crippen LogP) is 5.67. The average molecular weight is 625 g/mol. The fraction of sp³-hybridized carbons (Fsp3) is 0.310. The third-order valence-corrected chi connectivity index (χ3v) is 8.59. The largest absolute Gasteiger partial charge is 0.497 e. The summed E-state index contributed by atoms with van der Waals surface area (Å²) in [7, 11) is -2.86. The molecular formula is C29H32Cl2FN3O5S. The van der Waals surface area contributed by atoms with Crippen molar-refractivity contribution in [1.29, 1.82) is 0 Å². The number of ether oxygens (including phenoxy) is 1. The minimum Gasteiger partial charge on any atom is -0.497 e. The van der Waals surface area contributed by atoms with E-state index in [1.807, 2.05) is 0 Å². The molecule has 1 N–H and O–H groups in total. The van der Waals surface area contributed by atoms with Gasteiger partial charge in [0.1, 0.15) is 24.2 Å². The van der Waals surface area contributed by atoms with Crippen molar-refractivity contribution >= 4 is 50.7 Å². The van der Waals surface area contributed by atoms with E-state index in [0.717, 1.165) is 16.4 Å². The molecule has 1 atom stereocenters. The van der Waals surface area contributed by atoms with Gasteiger partial charge in [0.15, 0.2) is 0 Å². The van der Waals surface area contributed by atoms with Gasteiger partial charge in [0.25, 0.3) is 10.0 Å². The van der Waals surface area contributed by atoms with Crippen LogP contribution in [0, 0.1) is 5.82 Å². The summed E-state index contributed by atoms with van der Waals surface area (Å²) < 4.78 is 47.5. The molecular weight excluding hydrogens is 592 g/mol. The standard InChI is InChI=1S/C29H32Cl2FN3O5S/c1-5-27(29(37)33-19(2)3)34(17-20-6-7-21(30)16-26(20)31)28(36)18-35(23-10-8-22(32)9-11-23)41(38,39)25-14-12-24(40-4)13-15-25/h6-16,19,27H,5,17-18H2,1-4H3,(H,33,37). The molecule has 0 aromatic heterocycles. The van der Waals surface area contributed by atoms with E-state index < -0.39 is 40.2 Å². The summed E-state index contributed by atoms with van der Waals surface area (Å²) in [6, 6.07) is 14.1. The van der Waals surface area contributed by atoms with Gasteiger partial charge in [0.05, 0.1) is 17.7 Å². The van der Waals surface area contributed by atoms with E-state index in [2.05, 4.69) is 5.32 Å². The maximum atomic E-state index is 14.0. The number of benzene rings is 3. The van der Waals surface area contributed by atoms with Crippen molar-refractivity contribution in [3.8, 4) is 5.75 Å². The van der Waals surface area contributed by atoms with E-state index in [9.17, 15) is 22.4 Å². The van der Waals surface area contributed by atoms with Gasteiger partial charge < -0.3 is 15.0 Å². The predicted molar refractivity (Wildman–Crippen MR) is 158 cm³/mol. The van der Waals surface area contributed by atoms with Gasteiger partial charge in [0, 0.05) is 22.6 Å². The van der Waals surface area contributed by atoms with Crippen LogP contribution in [-0.2, 0) is 26.2 Å². The third kappa shape index (κ3) is 8.12. The maximum absolute atomic E-state index is 14.0. The van der Waals surface area contributed by atoms with Crippen LogP contribution in [0.3, 0.4) is 0 Å². The third-order valence-electron chi connectivity index (χ3n) is 6.21. The van der Waals surface area contributed by atoms with Gasteiger partial charge >= 0.3 is 0 Å². The van der Waals surface area contributed by atoms with Crippen LogP contribution in [-0.4, -0.2) is 50.9 Å². The summed E-state index contributed by atoms with van der Waals surface area (Å²) in [6.07, 6.45) is 0.247. The molecule has 220 valence electrons. The van der Waals surface area contributed by atoms with E-state index in [-0.39, 0.29) is 34.6 Å². The number of halogens is 3. The molecule has 0 saturated heterocycles. The van der Waals surface area contributed by atoms with Gasteiger partial charge in [-0.1, -0.05) is 36.2 Å². The highest BCUT2D eigenvalue weighted by atomic mass is 35.5. The number of methoxy groups -OCH3 is 1. The van der Waals surface area contributed by atoms with Crippen molar-refractivity contribution < 1.29 is 27.1 Å². The van der Waals surface area contributed by atoms with Crippen molar-refractivity contribution in [3.05, 3.63) is 88.2 Å². The molecule has 12 heteroatoms. The second-order valence-corrected chi connectivity index (χ2v) is 12.2. The van der Waals surface area contributed by atoms with Crippen LogP contribution in [0.2, 0.25) is 10.0 Å². The Hall–Kier alpha value is -3.34. The first-order valence-electron chi connectivity index (χ1n) is 12.8. The van der Waals surface area contributed by atoms with E-state index in [1.54, 1.807) is 32.9 Å². The molecule has 0 bridgehead atoms. The molecule has 1 unspecified atom stereocenters. The molecule has 3 aromatic carbocycles. The summed E-state index contributed by atoms with van der Waals surface area (Å²) in [6.45, 7) is 4.59. The number of nitrogens with one attached hydrogen (secondary N) is 1. The lowest BCUT2D eigenvalue weighted by Gasteiger charge is -2.33.